The first-order valence-electron chi connectivity index (χ1n) is 21.8. The van der Waals surface area contributed by atoms with Crippen LogP contribution in [0.4, 0.5) is 17.1 Å². The van der Waals surface area contributed by atoms with Crippen molar-refractivity contribution in [2.45, 2.75) is 38.5 Å². The second-order valence-electron chi connectivity index (χ2n) is 18.1. The third-order valence-corrected chi connectivity index (χ3v) is 14.5. The van der Waals surface area contributed by atoms with Crippen LogP contribution in [0, 0.1) is 13.8 Å². The van der Waals surface area contributed by atoms with Gasteiger partial charge < -0.3 is 9.32 Å². The molecule has 0 saturated carbocycles. The van der Waals surface area contributed by atoms with Gasteiger partial charge in [-0.2, -0.15) is 0 Å². The van der Waals surface area contributed by atoms with E-state index < -0.39 is 5.41 Å². The van der Waals surface area contributed by atoms with Gasteiger partial charge in [-0.3, -0.25) is 0 Å². The zero-order chi connectivity index (χ0) is 41.5. The number of hydrogen-bond acceptors (Lipinski definition) is 2. The Labute approximate surface area is 362 Å². The molecule has 0 bridgehead atoms. The number of fused-ring (bicyclic) bond motifs is 16. The summed E-state index contributed by atoms with van der Waals surface area (Å²) in [4.78, 5) is 2.58. The molecule has 3 aliphatic carbocycles. The van der Waals surface area contributed by atoms with Crippen molar-refractivity contribution >= 4 is 39.0 Å². The first kappa shape index (κ1) is 35.3. The van der Waals surface area contributed by atoms with Crippen molar-refractivity contribution in [3.63, 3.8) is 0 Å². The number of anilines is 3. The van der Waals surface area contributed by atoms with Crippen molar-refractivity contribution in [2.75, 3.05) is 4.90 Å². The molecule has 1 atom stereocenters. The molecule has 1 heterocycles. The lowest BCUT2D eigenvalue weighted by molar-refractivity contribution is 0.660. The fraction of sp³-hybridized carbons (Fsp3) is 0.100. The van der Waals surface area contributed by atoms with Crippen LogP contribution in [0.3, 0.4) is 0 Å². The maximum Gasteiger partial charge on any atom is 0.135 e. The standard InChI is InChI=1S/C60H43NO/c1-36-31-39(38-17-6-5-7-18-38)32-37(2)58(36)61(40-29-30-43-41-19-8-12-23-48(41)59(3,4)52(43)33-40)54-27-16-26-51-57(54)45-22-10-14-25-50(45)60(51)49-24-13-9-20-42(49)46-34-47-44-21-11-15-28-55(44)62-56(47)35-53(46)60/h5-35H,1-4H3. The molecule has 294 valence electrons. The molecule has 0 aliphatic heterocycles. The molecule has 3 aliphatic rings. The van der Waals surface area contributed by atoms with Crippen LogP contribution in [0.5, 0.6) is 0 Å². The molecule has 62 heavy (non-hydrogen) atoms. The molecule has 0 saturated heterocycles. The predicted octanol–water partition coefficient (Wildman–Crippen LogP) is 16.0. The van der Waals surface area contributed by atoms with Gasteiger partial charge in [0.05, 0.1) is 16.8 Å². The topological polar surface area (TPSA) is 16.4 Å². The first-order chi connectivity index (χ1) is 30.3. The summed E-state index contributed by atoms with van der Waals surface area (Å²) in [6, 6.07) is 70.2. The minimum absolute atomic E-state index is 0.149. The average Bonchev–Trinajstić information content (AvgIpc) is 3.99. The number of nitrogens with zero attached hydrogens (tertiary/aromatic N) is 1. The lowest BCUT2D eigenvalue weighted by Crippen LogP contribution is -2.26. The summed E-state index contributed by atoms with van der Waals surface area (Å²) in [7, 11) is 0. The van der Waals surface area contributed by atoms with Crippen LogP contribution in [0.15, 0.2) is 192 Å². The summed E-state index contributed by atoms with van der Waals surface area (Å²) < 4.78 is 6.67. The second-order valence-corrected chi connectivity index (χ2v) is 18.1. The van der Waals surface area contributed by atoms with Gasteiger partial charge in [0.2, 0.25) is 0 Å². The van der Waals surface area contributed by atoms with Gasteiger partial charge in [0, 0.05) is 27.4 Å². The van der Waals surface area contributed by atoms with E-state index in [9.17, 15) is 0 Å². The minimum Gasteiger partial charge on any atom is -0.456 e. The van der Waals surface area contributed by atoms with Gasteiger partial charge in [-0.05, 0) is 146 Å². The van der Waals surface area contributed by atoms with Gasteiger partial charge in [0.25, 0.3) is 0 Å². The third-order valence-electron chi connectivity index (χ3n) is 14.5. The van der Waals surface area contributed by atoms with Crippen molar-refractivity contribution in [3.8, 4) is 44.5 Å². The Balaban J connectivity index is 1.11. The Bertz CT molecular complexity index is 3510. The van der Waals surface area contributed by atoms with Gasteiger partial charge in [-0.1, -0.05) is 153 Å². The molecule has 2 heteroatoms. The van der Waals surface area contributed by atoms with Crippen LogP contribution in [-0.4, -0.2) is 0 Å². The minimum atomic E-state index is -0.546. The number of rotatable bonds is 4. The fourth-order valence-corrected chi connectivity index (χ4v) is 11.9. The molecule has 0 fully saturated rings. The molecule has 2 nitrogen and oxygen atoms in total. The van der Waals surface area contributed by atoms with E-state index in [4.69, 9.17) is 4.42 Å². The van der Waals surface area contributed by atoms with Crippen LogP contribution >= 0.6 is 0 Å². The molecule has 1 aromatic heterocycles. The molecule has 1 unspecified atom stereocenters. The van der Waals surface area contributed by atoms with E-state index in [1.807, 2.05) is 0 Å². The molecular weight excluding hydrogens is 751 g/mol. The lowest BCUT2D eigenvalue weighted by Gasteiger charge is -2.33. The number of benzene rings is 9. The Kier molecular flexibility index (Phi) is 7.16. The third kappa shape index (κ3) is 4.54. The maximum atomic E-state index is 6.67. The largest absolute Gasteiger partial charge is 0.456 e. The number of aryl methyl sites for hydroxylation is 2. The fourth-order valence-electron chi connectivity index (χ4n) is 11.9. The average molecular weight is 794 g/mol. The highest BCUT2D eigenvalue weighted by Crippen LogP contribution is 2.65. The van der Waals surface area contributed by atoms with E-state index >= 15 is 0 Å². The molecule has 13 rings (SSSR count). The van der Waals surface area contributed by atoms with Crippen LogP contribution in [0.2, 0.25) is 0 Å². The van der Waals surface area contributed by atoms with E-state index in [1.165, 1.54) is 100 Å². The zero-order valence-electron chi connectivity index (χ0n) is 35.3. The van der Waals surface area contributed by atoms with Gasteiger partial charge in [0.1, 0.15) is 11.2 Å². The SMILES string of the molecule is Cc1cc(-c2ccccc2)cc(C)c1N(c1ccc2c(c1)C(C)(C)c1ccccc1-2)c1cccc2c1-c1ccccc1C21c2ccccc2-c2cc3c(cc21)oc1ccccc13. The van der Waals surface area contributed by atoms with E-state index in [2.05, 4.69) is 221 Å². The summed E-state index contributed by atoms with van der Waals surface area (Å²) in [5.41, 5.74) is 25.3. The van der Waals surface area contributed by atoms with Gasteiger partial charge >= 0.3 is 0 Å². The lowest BCUT2D eigenvalue weighted by atomic mass is 9.70. The summed E-state index contributed by atoms with van der Waals surface area (Å²) in [6.45, 7) is 9.33. The number of hydrogen-bond donors (Lipinski definition) is 0. The molecule has 0 N–H and O–H groups in total. The van der Waals surface area contributed by atoms with E-state index in [1.54, 1.807) is 0 Å². The normalized spacial score (nSPS) is 15.9. The van der Waals surface area contributed by atoms with Crippen LogP contribution in [-0.2, 0) is 10.8 Å². The van der Waals surface area contributed by atoms with E-state index in [0.717, 1.165) is 27.6 Å². The molecule has 9 aromatic carbocycles. The number of furan rings is 1. The molecule has 0 radical (unpaired) electrons. The Morgan fingerprint density at radius 3 is 1.79 bits per heavy atom. The van der Waals surface area contributed by atoms with Crippen LogP contribution in [0.25, 0.3) is 66.4 Å². The van der Waals surface area contributed by atoms with Crippen LogP contribution < -0.4 is 4.90 Å². The second kappa shape index (κ2) is 12.6. The van der Waals surface area contributed by atoms with Crippen molar-refractivity contribution in [2.24, 2.45) is 0 Å². The summed E-state index contributed by atoms with van der Waals surface area (Å²) >= 11 is 0. The highest BCUT2D eigenvalue weighted by molar-refractivity contribution is 6.10. The first-order valence-corrected chi connectivity index (χ1v) is 21.8. The maximum absolute atomic E-state index is 6.67. The van der Waals surface area contributed by atoms with Crippen molar-refractivity contribution in [3.05, 3.63) is 233 Å². The molecule has 0 amide bonds. The smallest absolute Gasteiger partial charge is 0.135 e. The van der Waals surface area contributed by atoms with Crippen molar-refractivity contribution < 1.29 is 4.42 Å². The Morgan fingerprint density at radius 2 is 1.02 bits per heavy atom. The predicted molar refractivity (Wildman–Crippen MR) is 257 cm³/mol. The Morgan fingerprint density at radius 1 is 0.403 bits per heavy atom. The quantitative estimate of drug-likeness (QED) is 0.176. The van der Waals surface area contributed by atoms with Crippen molar-refractivity contribution in [1.29, 1.82) is 0 Å². The van der Waals surface area contributed by atoms with Gasteiger partial charge in [-0.25, -0.2) is 0 Å². The van der Waals surface area contributed by atoms with Crippen molar-refractivity contribution in [1.82, 2.24) is 0 Å². The highest BCUT2D eigenvalue weighted by Gasteiger charge is 2.53. The van der Waals surface area contributed by atoms with Crippen LogP contribution in [0.1, 0.15) is 58.4 Å². The highest BCUT2D eigenvalue weighted by atomic mass is 16.3. The summed E-state index contributed by atoms with van der Waals surface area (Å²) in [6.07, 6.45) is 0. The van der Waals surface area contributed by atoms with E-state index in [0.29, 0.717) is 0 Å². The monoisotopic (exact) mass is 793 g/mol. The molecular formula is C60H43NO. The number of para-hydroxylation sites is 1. The summed E-state index contributed by atoms with van der Waals surface area (Å²) in [5, 5.41) is 2.31. The Hall–Kier alpha value is -7.42. The summed E-state index contributed by atoms with van der Waals surface area (Å²) in [5.74, 6) is 0. The molecule has 10 aromatic rings. The van der Waals surface area contributed by atoms with E-state index in [-0.39, 0.29) is 5.41 Å². The molecule has 1 spiro atoms. The van der Waals surface area contributed by atoms with Gasteiger partial charge in [0.15, 0.2) is 0 Å². The van der Waals surface area contributed by atoms with Gasteiger partial charge in [-0.15, -0.1) is 0 Å². The zero-order valence-corrected chi connectivity index (χ0v) is 35.3.